The van der Waals surface area contributed by atoms with Crippen molar-refractivity contribution in [1.82, 2.24) is 0 Å². The number of anilines is 2. The van der Waals surface area contributed by atoms with Gasteiger partial charge in [-0.15, -0.1) is 0 Å². The number of nitro groups is 1. The Morgan fingerprint density at radius 2 is 1.74 bits per heavy atom. The molecule has 1 heterocycles. The highest BCUT2D eigenvalue weighted by Gasteiger charge is 2.29. The van der Waals surface area contributed by atoms with Gasteiger partial charge in [0.15, 0.2) is 6.04 Å². The molecule has 8 nitrogen and oxygen atoms in total. The Balaban J connectivity index is 1.53. The number of nitrogens with one attached hydrogen (secondary N) is 2. The van der Waals surface area contributed by atoms with Gasteiger partial charge in [-0.1, -0.05) is 0 Å². The van der Waals surface area contributed by atoms with Crippen LogP contribution in [0.25, 0.3) is 0 Å². The Hall–Kier alpha value is -3.13. The smallest absolute Gasteiger partial charge is 0.282 e. The lowest BCUT2D eigenvalue weighted by molar-refractivity contribution is -0.914. The molecular formula is C19H23N4O4+. The van der Waals surface area contributed by atoms with E-state index in [-0.39, 0.29) is 23.4 Å². The van der Waals surface area contributed by atoms with Gasteiger partial charge in [-0.3, -0.25) is 14.9 Å². The lowest BCUT2D eigenvalue weighted by Gasteiger charge is -2.36. The summed E-state index contributed by atoms with van der Waals surface area (Å²) in [7, 11) is 0. The van der Waals surface area contributed by atoms with Crippen molar-refractivity contribution in [2.24, 2.45) is 0 Å². The lowest BCUT2D eigenvalue weighted by atomic mass is 10.2. The maximum Gasteiger partial charge on any atom is 0.282 e. The minimum Gasteiger partial charge on any atom is -0.508 e. The highest BCUT2D eigenvalue weighted by molar-refractivity contribution is 5.93. The van der Waals surface area contributed by atoms with E-state index in [1.807, 2.05) is 19.1 Å². The van der Waals surface area contributed by atoms with Gasteiger partial charge in [0.05, 0.1) is 31.1 Å². The van der Waals surface area contributed by atoms with Crippen molar-refractivity contribution in [1.29, 1.82) is 0 Å². The Kier molecular flexibility index (Phi) is 5.56. The van der Waals surface area contributed by atoms with Gasteiger partial charge in [0.2, 0.25) is 0 Å². The maximum absolute atomic E-state index is 12.5. The zero-order chi connectivity index (χ0) is 19.4. The van der Waals surface area contributed by atoms with Gasteiger partial charge < -0.3 is 20.2 Å². The normalized spacial score (nSPS) is 16.0. The number of non-ortho nitro benzene ring substituents is 1. The van der Waals surface area contributed by atoms with Gasteiger partial charge in [-0.25, -0.2) is 0 Å². The van der Waals surface area contributed by atoms with E-state index >= 15 is 0 Å². The summed E-state index contributed by atoms with van der Waals surface area (Å²) in [5, 5.41) is 22.9. The number of phenolic OH excluding ortho intramolecular Hbond substituents is 1. The van der Waals surface area contributed by atoms with Gasteiger partial charge in [0.1, 0.15) is 5.75 Å². The average Bonchev–Trinajstić information content (AvgIpc) is 2.68. The summed E-state index contributed by atoms with van der Waals surface area (Å²) in [4.78, 5) is 26.2. The third-order valence-corrected chi connectivity index (χ3v) is 4.97. The number of benzene rings is 2. The fourth-order valence-electron chi connectivity index (χ4n) is 3.25. The van der Waals surface area contributed by atoms with E-state index in [9.17, 15) is 20.0 Å². The molecule has 0 saturated carbocycles. The number of quaternary nitrogens is 1. The first-order valence-electron chi connectivity index (χ1n) is 8.88. The van der Waals surface area contributed by atoms with Crippen LogP contribution < -0.4 is 15.1 Å². The topological polar surface area (TPSA) is 100 Å². The van der Waals surface area contributed by atoms with Crippen LogP contribution >= 0.6 is 0 Å². The Labute approximate surface area is 157 Å². The van der Waals surface area contributed by atoms with E-state index in [1.165, 1.54) is 17.0 Å². The number of hydrogen-bond acceptors (Lipinski definition) is 5. The molecule has 0 radical (unpaired) electrons. The largest absolute Gasteiger partial charge is 0.508 e. The van der Waals surface area contributed by atoms with E-state index in [0.717, 1.165) is 31.9 Å². The number of nitro benzene ring substituents is 1. The highest BCUT2D eigenvalue weighted by Crippen LogP contribution is 2.18. The average molecular weight is 371 g/mol. The molecule has 1 atom stereocenters. The summed E-state index contributed by atoms with van der Waals surface area (Å²) in [6.07, 6.45) is 0. The van der Waals surface area contributed by atoms with E-state index < -0.39 is 4.92 Å². The molecule has 0 aromatic heterocycles. The van der Waals surface area contributed by atoms with Crippen LogP contribution in [0.3, 0.4) is 0 Å². The first-order valence-corrected chi connectivity index (χ1v) is 8.88. The van der Waals surface area contributed by atoms with Crippen molar-refractivity contribution >= 4 is 23.0 Å². The number of piperazine rings is 1. The number of amides is 1. The van der Waals surface area contributed by atoms with Crippen molar-refractivity contribution in [3.8, 4) is 5.75 Å². The summed E-state index contributed by atoms with van der Waals surface area (Å²) in [5.74, 6) is 0.150. The van der Waals surface area contributed by atoms with E-state index in [1.54, 1.807) is 24.3 Å². The van der Waals surface area contributed by atoms with Crippen molar-refractivity contribution < 1.29 is 19.7 Å². The summed E-state index contributed by atoms with van der Waals surface area (Å²) < 4.78 is 0. The van der Waals surface area contributed by atoms with Crippen molar-refractivity contribution in [3.05, 3.63) is 58.6 Å². The summed E-state index contributed by atoms with van der Waals surface area (Å²) >= 11 is 0. The third-order valence-electron chi connectivity index (χ3n) is 4.97. The van der Waals surface area contributed by atoms with Crippen molar-refractivity contribution in [3.63, 3.8) is 0 Å². The molecule has 1 amide bonds. The minimum atomic E-state index is -0.466. The van der Waals surface area contributed by atoms with Crippen molar-refractivity contribution in [2.45, 2.75) is 13.0 Å². The molecule has 3 N–H and O–H groups in total. The van der Waals surface area contributed by atoms with Crippen LogP contribution in [0.4, 0.5) is 17.1 Å². The van der Waals surface area contributed by atoms with Crippen LogP contribution in [0.15, 0.2) is 48.5 Å². The monoisotopic (exact) mass is 371 g/mol. The molecule has 0 unspecified atom stereocenters. The number of carbonyl (C=O) groups excluding carboxylic acids is 1. The molecule has 2 aromatic carbocycles. The second-order valence-corrected chi connectivity index (χ2v) is 6.68. The lowest BCUT2D eigenvalue weighted by Crippen LogP contribution is -3.19. The minimum absolute atomic E-state index is 0.00275. The predicted octanol–water partition coefficient (Wildman–Crippen LogP) is 1.03. The molecule has 0 bridgehead atoms. The second kappa shape index (κ2) is 8.05. The molecule has 0 aliphatic carbocycles. The molecule has 8 heteroatoms. The van der Waals surface area contributed by atoms with E-state index in [0.29, 0.717) is 5.69 Å². The van der Waals surface area contributed by atoms with Gasteiger partial charge in [0, 0.05) is 23.5 Å². The number of phenols is 1. The van der Waals surface area contributed by atoms with Crippen LogP contribution in [-0.2, 0) is 4.79 Å². The number of rotatable bonds is 5. The quantitative estimate of drug-likeness (QED) is 0.539. The third kappa shape index (κ3) is 4.53. The molecule has 1 aliphatic heterocycles. The molecule has 142 valence electrons. The Bertz CT molecular complexity index is 799. The summed E-state index contributed by atoms with van der Waals surface area (Å²) in [5.41, 5.74) is 1.62. The first-order chi connectivity index (χ1) is 12.9. The standard InChI is InChI=1S/C19H22N4O4/c1-14(19(25)20-15-2-4-17(5-3-15)23(26)27)21-10-12-22(13-11-21)16-6-8-18(24)9-7-16/h2-9,14,24H,10-13H2,1H3,(H,20,25)/p+1/t14-/m1/s1. The van der Waals surface area contributed by atoms with Crippen LogP contribution in [0.2, 0.25) is 0 Å². The maximum atomic E-state index is 12.5. The Morgan fingerprint density at radius 3 is 2.30 bits per heavy atom. The van der Waals surface area contributed by atoms with Gasteiger partial charge >= 0.3 is 0 Å². The van der Waals surface area contributed by atoms with Crippen LogP contribution in [-0.4, -0.2) is 48.2 Å². The molecule has 2 aromatic rings. The SMILES string of the molecule is C[C@H](C(=O)Nc1ccc([N+](=O)[O-])cc1)[NH+]1CCN(c2ccc(O)cc2)CC1. The predicted molar refractivity (Wildman–Crippen MR) is 102 cm³/mol. The summed E-state index contributed by atoms with van der Waals surface area (Å²) in [6, 6.07) is 12.8. The highest BCUT2D eigenvalue weighted by atomic mass is 16.6. The first kappa shape index (κ1) is 18.7. The molecule has 1 fully saturated rings. The number of hydrogen-bond donors (Lipinski definition) is 3. The molecule has 3 rings (SSSR count). The second-order valence-electron chi connectivity index (χ2n) is 6.68. The van der Waals surface area contributed by atoms with Crippen LogP contribution in [0, 0.1) is 10.1 Å². The fraction of sp³-hybridized carbons (Fsp3) is 0.316. The zero-order valence-electron chi connectivity index (χ0n) is 15.1. The van der Waals surface area contributed by atoms with Gasteiger partial charge in [-0.2, -0.15) is 0 Å². The van der Waals surface area contributed by atoms with E-state index in [4.69, 9.17) is 0 Å². The molecule has 1 saturated heterocycles. The van der Waals surface area contributed by atoms with E-state index in [2.05, 4.69) is 10.2 Å². The molecule has 27 heavy (non-hydrogen) atoms. The van der Waals surface area contributed by atoms with Crippen molar-refractivity contribution in [2.75, 3.05) is 36.4 Å². The molecular weight excluding hydrogens is 348 g/mol. The zero-order valence-corrected chi connectivity index (χ0v) is 15.1. The Morgan fingerprint density at radius 1 is 1.15 bits per heavy atom. The number of nitrogens with zero attached hydrogens (tertiary/aromatic N) is 2. The summed E-state index contributed by atoms with van der Waals surface area (Å²) in [6.45, 7) is 5.21. The molecule has 0 spiro atoms. The molecule has 1 aliphatic rings. The van der Waals surface area contributed by atoms with Crippen LogP contribution in [0.5, 0.6) is 5.75 Å². The van der Waals surface area contributed by atoms with Gasteiger partial charge in [0.25, 0.3) is 11.6 Å². The van der Waals surface area contributed by atoms with Gasteiger partial charge in [-0.05, 0) is 43.3 Å². The number of carbonyl (C=O) groups is 1. The van der Waals surface area contributed by atoms with Crippen LogP contribution in [0.1, 0.15) is 6.92 Å². The fourth-order valence-corrected chi connectivity index (χ4v) is 3.25. The number of aromatic hydroxyl groups is 1.